The molecular formula is C39H48O10. The molecule has 0 aliphatic rings. The average molecular weight is 677 g/mol. The highest BCUT2D eigenvalue weighted by Gasteiger charge is 2.42. The maximum atomic E-state index is 12.2. The van der Waals surface area contributed by atoms with Gasteiger partial charge in [0.2, 0.25) is 0 Å². The quantitative estimate of drug-likeness (QED) is 0.0629. The van der Waals surface area contributed by atoms with Crippen LogP contribution in [-0.2, 0) is 35.2 Å². The standard InChI is InChI=1S/C39H48O10/c1-29(40)48-39(3,49-30(2)41)38(44)46-27-13-11-9-7-5-4-6-8-10-12-26-45-35-22-14-31(15-23-35)28-47-36-24-20-33(21-25-36)32-16-18-34(19-17-32)37(42)43/h14-25H,4-13,26-28H2,1-3H3,(H,42,43). The first-order valence-corrected chi connectivity index (χ1v) is 16.9. The zero-order valence-electron chi connectivity index (χ0n) is 28.7. The highest BCUT2D eigenvalue weighted by Crippen LogP contribution is 2.24. The number of carbonyl (C=O) groups excluding carboxylic acids is 3. The van der Waals surface area contributed by atoms with Gasteiger partial charge in [-0.25, -0.2) is 9.59 Å². The summed E-state index contributed by atoms with van der Waals surface area (Å²) in [4.78, 5) is 45.8. The molecule has 49 heavy (non-hydrogen) atoms. The summed E-state index contributed by atoms with van der Waals surface area (Å²) >= 11 is 0. The molecule has 0 atom stereocenters. The van der Waals surface area contributed by atoms with Crippen LogP contribution in [0.1, 0.15) is 101 Å². The van der Waals surface area contributed by atoms with Crippen molar-refractivity contribution in [3.05, 3.63) is 83.9 Å². The molecule has 0 bridgehead atoms. The van der Waals surface area contributed by atoms with E-state index in [4.69, 9.17) is 28.8 Å². The summed E-state index contributed by atoms with van der Waals surface area (Å²) in [7, 11) is 0. The maximum Gasteiger partial charge on any atom is 0.392 e. The fraction of sp³-hybridized carbons (Fsp3) is 0.436. The van der Waals surface area contributed by atoms with Crippen molar-refractivity contribution < 1.29 is 48.0 Å². The van der Waals surface area contributed by atoms with Crippen molar-refractivity contribution in [2.24, 2.45) is 0 Å². The van der Waals surface area contributed by atoms with E-state index in [1.54, 1.807) is 24.3 Å². The summed E-state index contributed by atoms with van der Waals surface area (Å²) in [5.41, 5.74) is 3.24. The molecule has 1 N–H and O–H groups in total. The Kier molecular flexibility index (Phi) is 16.1. The van der Waals surface area contributed by atoms with Crippen molar-refractivity contribution in [2.75, 3.05) is 13.2 Å². The maximum absolute atomic E-state index is 12.2. The minimum Gasteiger partial charge on any atom is -0.494 e. The first-order chi connectivity index (χ1) is 23.6. The number of aromatic carboxylic acids is 1. The van der Waals surface area contributed by atoms with Crippen LogP contribution in [0.2, 0.25) is 0 Å². The van der Waals surface area contributed by atoms with Crippen molar-refractivity contribution in [1.82, 2.24) is 0 Å². The van der Waals surface area contributed by atoms with Gasteiger partial charge < -0.3 is 28.8 Å². The number of benzene rings is 3. The second-order valence-corrected chi connectivity index (χ2v) is 12.0. The highest BCUT2D eigenvalue weighted by atomic mass is 16.8. The number of rotatable bonds is 22. The first-order valence-electron chi connectivity index (χ1n) is 16.9. The van der Waals surface area contributed by atoms with Gasteiger partial charge in [-0.15, -0.1) is 0 Å². The summed E-state index contributed by atoms with van der Waals surface area (Å²) < 4.78 is 26.7. The summed E-state index contributed by atoms with van der Waals surface area (Å²) in [6.45, 7) is 4.75. The van der Waals surface area contributed by atoms with E-state index in [9.17, 15) is 19.2 Å². The number of esters is 3. The van der Waals surface area contributed by atoms with Gasteiger partial charge >= 0.3 is 29.7 Å². The molecule has 0 aromatic heterocycles. The molecule has 10 nitrogen and oxygen atoms in total. The summed E-state index contributed by atoms with van der Waals surface area (Å²) in [5.74, 6) is -3.78. The number of hydrogen-bond donors (Lipinski definition) is 1. The van der Waals surface area contributed by atoms with Crippen LogP contribution < -0.4 is 9.47 Å². The number of carboxylic acid groups (broad SMARTS) is 1. The van der Waals surface area contributed by atoms with Crippen LogP contribution in [0.15, 0.2) is 72.8 Å². The number of unbranched alkanes of at least 4 members (excludes halogenated alkanes) is 9. The van der Waals surface area contributed by atoms with E-state index in [1.165, 1.54) is 32.6 Å². The fourth-order valence-corrected chi connectivity index (χ4v) is 5.15. The van der Waals surface area contributed by atoms with Gasteiger partial charge in [-0.3, -0.25) is 9.59 Å². The van der Waals surface area contributed by atoms with Gasteiger partial charge in [-0.05, 0) is 65.9 Å². The Morgan fingerprint density at radius 1 is 0.571 bits per heavy atom. The molecule has 0 radical (unpaired) electrons. The van der Waals surface area contributed by atoms with Gasteiger partial charge in [0.1, 0.15) is 18.1 Å². The largest absolute Gasteiger partial charge is 0.494 e. The van der Waals surface area contributed by atoms with Crippen LogP contribution in [0.3, 0.4) is 0 Å². The van der Waals surface area contributed by atoms with E-state index < -0.39 is 29.7 Å². The molecule has 0 aliphatic heterocycles. The second-order valence-electron chi connectivity index (χ2n) is 12.0. The van der Waals surface area contributed by atoms with Crippen LogP contribution >= 0.6 is 0 Å². The molecule has 264 valence electrons. The third-order valence-corrected chi connectivity index (χ3v) is 7.74. The summed E-state index contributed by atoms with van der Waals surface area (Å²) in [5, 5.41) is 9.07. The van der Waals surface area contributed by atoms with E-state index in [0.717, 1.165) is 74.1 Å². The van der Waals surface area contributed by atoms with Gasteiger partial charge in [-0.1, -0.05) is 87.8 Å². The average Bonchev–Trinajstić information content (AvgIpc) is 3.07. The first kappa shape index (κ1) is 38.6. The van der Waals surface area contributed by atoms with E-state index in [-0.39, 0.29) is 12.2 Å². The van der Waals surface area contributed by atoms with Crippen molar-refractivity contribution in [2.45, 2.75) is 97.4 Å². The highest BCUT2D eigenvalue weighted by molar-refractivity contribution is 5.88. The Balaban J connectivity index is 1.17. The van der Waals surface area contributed by atoms with Gasteiger partial charge in [0.05, 0.1) is 18.8 Å². The number of hydrogen-bond acceptors (Lipinski definition) is 9. The minimum absolute atomic E-state index is 0.171. The molecule has 0 spiro atoms. The van der Waals surface area contributed by atoms with Gasteiger partial charge in [0, 0.05) is 20.8 Å². The monoisotopic (exact) mass is 676 g/mol. The van der Waals surface area contributed by atoms with Crippen molar-refractivity contribution in [1.29, 1.82) is 0 Å². The number of carboxylic acids is 1. The van der Waals surface area contributed by atoms with Gasteiger partial charge in [0.15, 0.2) is 0 Å². The predicted molar refractivity (Wildman–Crippen MR) is 184 cm³/mol. The number of carbonyl (C=O) groups is 4. The van der Waals surface area contributed by atoms with Gasteiger partial charge in [-0.2, -0.15) is 0 Å². The Labute approximate surface area is 288 Å². The van der Waals surface area contributed by atoms with Crippen molar-refractivity contribution >= 4 is 23.9 Å². The normalized spacial score (nSPS) is 11.0. The van der Waals surface area contributed by atoms with Gasteiger partial charge in [0.25, 0.3) is 0 Å². The minimum atomic E-state index is -2.06. The molecule has 0 fully saturated rings. The zero-order chi connectivity index (χ0) is 35.5. The molecular weight excluding hydrogens is 628 g/mol. The van der Waals surface area contributed by atoms with Crippen LogP contribution in [0.4, 0.5) is 0 Å². The van der Waals surface area contributed by atoms with E-state index in [1.807, 2.05) is 48.5 Å². The third-order valence-electron chi connectivity index (χ3n) is 7.74. The number of ether oxygens (including phenoxy) is 5. The molecule has 10 heteroatoms. The van der Waals surface area contributed by atoms with Crippen molar-refractivity contribution in [3.8, 4) is 22.6 Å². The third kappa shape index (κ3) is 14.4. The second kappa shape index (κ2) is 20.5. The molecule has 0 saturated heterocycles. The van der Waals surface area contributed by atoms with E-state index in [0.29, 0.717) is 19.6 Å². The van der Waals surface area contributed by atoms with Crippen LogP contribution in [0, 0.1) is 0 Å². The zero-order valence-corrected chi connectivity index (χ0v) is 28.7. The summed E-state index contributed by atoms with van der Waals surface area (Å²) in [6, 6.07) is 22.5. The molecule has 0 unspecified atom stereocenters. The lowest BCUT2D eigenvalue weighted by Gasteiger charge is -2.25. The lowest BCUT2D eigenvalue weighted by molar-refractivity contribution is -0.232. The van der Waals surface area contributed by atoms with Crippen molar-refractivity contribution in [3.63, 3.8) is 0 Å². The Hall–Kier alpha value is -4.86. The molecule has 0 aliphatic carbocycles. The van der Waals surface area contributed by atoms with E-state index >= 15 is 0 Å². The Morgan fingerprint density at radius 3 is 1.49 bits per heavy atom. The molecule has 0 heterocycles. The molecule has 3 rings (SSSR count). The van der Waals surface area contributed by atoms with E-state index in [2.05, 4.69) is 0 Å². The van der Waals surface area contributed by atoms with Crippen LogP contribution in [0.25, 0.3) is 11.1 Å². The smallest absolute Gasteiger partial charge is 0.392 e. The topological polar surface area (TPSA) is 135 Å². The lowest BCUT2D eigenvalue weighted by Crippen LogP contribution is -2.45. The molecule has 0 amide bonds. The Bertz CT molecular complexity index is 1450. The molecule has 3 aromatic rings. The van der Waals surface area contributed by atoms with Crippen LogP contribution in [-0.4, -0.2) is 48.0 Å². The fourth-order valence-electron chi connectivity index (χ4n) is 5.15. The Morgan fingerprint density at radius 2 is 1.00 bits per heavy atom. The SMILES string of the molecule is CC(=O)OC(C)(OC(C)=O)C(=O)OCCCCCCCCCCCCOc1ccc(COc2ccc(-c3ccc(C(=O)O)cc3)cc2)cc1. The predicted octanol–water partition coefficient (Wildman–Crippen LogP) is 8.30. The van der Waals surface area contributed by atoms with Crippen LogP contribution in [0.5, 0.6) is 11.5 Å². The lowest BCUT2D eigenvalue weighted by atomic mass is 10.0. The molecule has 0 saturated carbocycles. The molecule has 3 aromatic carbocycles. The summed E-state index contributed by atoms with van der Waals surface area (Å²) in [6.07, 6.45) is 10.6.